The van der Waals surface area contributed by atoms with Crippen LogP contribution in [0.15, 0.2) is 43.0 Å². The van der Waals surface area contributed by atoms with Crippen molar-refractivity contribution in [1.82, 2.24) is 14.8 Å². The first-order chi connectivity index (χ1) is 8.43. The molecule has 0 spiro atoms. The Hall–Kier alpha value is -1.84. The van der Waals surface area contributed by atoms with Crippen molar-refractivity contribution >= 4 is 5.69 Å². The number of rotatable bonds is 2. The lowest BCUT2D eigenvalue weighted by Gasteiger charge is -2.33. The summed E-state index contributed by atoms with van der Waals surface area (Å²) < 4.78 is 2.09. The third kappa shape index (κ3) is 2.16. The Balaban J connectivity index is 1.65. The van der Waals surface area contributed by atoms with E-state index < -0.39 is 0 Å². The Morgan fingerprint density at radius 3 is 2.47 bits per heavy atom. The summed E-state index contributed by atoms with van der Waals surface area (Å²) in [6.45, 7) is 2.18. The molecular weight excluding hydrogens is 212 g/mol. The molecule has 0 aromatic carbocycles. The average molecular weight is 228 g/mol. The van der Waals surface area contributed by atoms with Gasteiger partial charge in [0.15, 0.2) is 0 Å². The van der Waals surface area contributed by atoms with Gasteiger partial charge in [0, 0.05) is 43.6 Å². The molecule has 4 nitrogen and oxygen atoms in total. The highest BCUT2D eigenvalue weighted by Crippen LogP contribution is 2.25. The van der Waals surface area contributed by atoms with Crippen molar-refractivity contribution < 1.29 is 0 Å². The Morgan fingerprint density at radius 1 is 1.06 bits per heavy atom. The number of aromatic nitrogens is 3. The van der Waals surface area contributed by atoms with Gasteiger partial charge >= 0.3 is 0 Å². The quantitative estimate of drug-likeness (QED) is 0.789. The van der Waals surface area contributed by atoms with E-state index >= 15 is 0 Å². The number of hydrogen-bond acceptors (Lipinski definition) is 3. The van der Waals surface area contributed by atoms with E-state index in [1.165, 1.54) is 5.69 Å². The molecule has 0 saturated carbocycles. The summed E-state index contributed by atoms with van der Waals surface area (Å²) in [5.74, 6) is 0. The average Bonchev–Trinajstić information content (AvgIpc) is 2.94. The molecule has 0 unspecified atom stereocenters. The fourth-order valence-electron chi connectivity index (χ4n) is 2.44. The molecular formula is C13H16N4. The Labute approximate surface area is 101 Å². The minimum Gasteiger partial charge on any atom is -0.371 e. The van der Waals surface area contributed by atoms with Gasteiger partial charge in [-0.05, 0) is 31.0 Å². The van der Waals surface area contributed by atoms with Gasteiger partial charge in [-0.25, -0.2) is 0 Å². The maximum absolute atomic E-state index is 4.33. The van der Waals surface area contributed by atoms with Crippen LogP contribution >= 0.6 is 0 Å². The number of hydrogen-bond donors (Lipinski definition) is 0. The fourth-order valence-corrected chi connectivity index (χ4v) is 2.44. The number of nitrogens with zero attached hydrogens (tertiary/aromatic N) is 4. The largest absolute Gasteiger partial charge is 0.371 e. The topological polar surface area (TPSA) is 34.0 Å². The van der Waals surface area contributed by atoms with Crippen molar-refractivity contribution in [2.24, 2.45) is 0 Å². The lowest BCUT2D eigenvalue weighted by atomic mass is 10.0. The van der Waals surface area contributed by atoms with Crippen LogP contribution in [0.2, 0.25) is 0 Å². The monoisotopic (exact) mass is 228 g/mol. The molecule has 2 aromatic heterocycles. The summed E-state index contributed by atoms with van der Waals surface area (Å²) in [4.78, 5) is 6.47. The fraction of sp³-hybridized carbons (Fsp3) is 0.385. The summed E-state index contributed by atoms with van der Waals surface area (Å²) in [6.07, 6.45) is 9.94. The van der Waals surface area contributed by atoms with Gasteiger partial charge in [0.25, 0.3) is 0 Å². The van der Waals surface area contributed by atoms with Crippen LogP contribution in [0.25, 0.3) is 0 Å². The molecule has 0 amide bonds. The second-order valence-electron chi connectivity index (χ2n) is 4.41. The molecule has 4 heteroatoms. The molecule has 0 atom stereocenters. The minimum atomic E-state index is 0.558. The van der Waals surface area contributed by atoms with E-state index in [0.717, 1.165) is 25.9 Å². The van der Waals surface area contributed by atoms with Crippen LogP contribution < -0.4 is 4.90 Å². The van der Waals surface area contributed by atoms with Crippen LogP contribution in [0.4, 0.5) is 5.69 Å². The molecule has 3 rings (SSSR count). The lowest BCUT2D eigenvalue weighted by molar-refractivity contribution is 0.367. The van der Waals surface area contributed by atoms with E-state index in [-0.39, 0.29) is 0 Å². The molecule has 0 bridgehead atoms. The lowest BCUT2D eigenvalue weighted by Crippen LogP contribution is -2.34. The molecule has 1 saturated heterocycles. The summed E-state index contributed by atoms with van der Waals surface area (Å²) in [5.41, 5.74) is 1.28. The molecule has 1 aliphatic rings. The Bertz CT molecular complexity index is 444. The standard InChI is InChI=1S/C13H16N4/c1-6-15-17(9-1)13-4-10-16(11-5-13)12-2-7-14-8-3-12/h1-3,6-9,13H,4-5,10-11H2. The summed E-state index contributed by atoms with van der Waals surface area (Å²) in [7, 11) is 0. The van der Waals surface area contributed by atoms with Gasteiger partial charge in [0.1, 0.15) is 0 Å². The highest BCUT2D eigenvalue weighted by Gasteiger charge is 2.20. The first-order valence-electron chi connectivity index (χ1n) is 6.07. The van der Waals surface area contributed by atoms with E-state index in [4.69, 9.17) is 0 Å². The number of piperidine rings is 1. The Kier molecular flexibility index (Phi) is 2.78. The van der Waals surface area contributed by atoms with Gasteiger partial charge in [0.05, 0.1) is 6.04 Å². The molecule has 3 heterocycles. The van der Waals surface area contributed by atoms with E-state index in [2.05, 4.69) is 38.0 Å². The summed E-state index contributed by atoms with van der Waals surface area (Å²) in [6, 6.07) is 6.71. The van der Waals surface area contributed by atoms with Crippen LogP contribution in [0.3, 0.4) is 0 Å². The van der Waals surface area contributed by atoms with Crippen LogP contribution in [0.5, 0.6) is 0 Å². The van der Waals surface area contributed by atoms with Gasteiger partial charge in [-0.2, -0.15) is 5.10 Å². The molecule has 88 valence electrons. The number of pyridine rings is 1. The molecule has 17 heavy (non-hydrogen) atoms. The third-order valence-electron chi connectivity index (χ3n) is 3.39. The zero-order valence-corrected chi connectivity index (χ0v) is 9.74. The normalized spacial score (nSPS) is 17.3. The minimum absolute atomic E-state index is 0.558. The van der Waals surface area contributed by atoms with Crippen molar-refractivity contribution in [2.45, 2.75) is 18.9 Å². The summed E-state index contributed by atoms with van der Waals surface area (Å²) in [5, 5.41) is 4.33. The second kappa shape index (κ2) is 4.57. The maximum Gasteiger partial charge on any atom is 0.0552 e. The zero-order chi connectivity index (χ0) is 11.5. The molecule has 0 radical (unpaired) electrons. The van der Waals surface area contributed by atoms with Crippen LogP contribution in [-0.4, -0.2) is 27.9 Å². The van der Waals surface area contributed by atoms with Crippen molar-refractivity contribution in [1.29, 1.82) is 0 Å². The van der Waals surface area contributed by atoms with Gasteiger partial charge in [0.2, 0.25) is 0 Å². The smallest absolute Gasteiger partial charge is 0.0552 e. The second-order valence-corrected chi connectivity index (χ2v) is 4.41. The zero-order valence-electron chi connectivity index (χ0n) is 9.74. The molecule has 0 N–H and O–H groups in total. The van der Waals surface area contributed by atoms with E-state index in [0.29, 0.717) is 6.04 Å². The van der Waals surface area contributed by atoms with Crippen LogP contribution in [0.1, 0.15) is 18.9 Å². The SMILES string of the molecule is c1cnn(C2CCN(c3ccncc3)CC2)c1. The number of anilines is 1. The van der Waals surface area contributed by atoms with Crippen molar-refractivity contribution in [2.75, 3.05) is 18.0 Å². The highest BCUT2D eigenvalue weighted by atomic mass is 15.3. The van der Waals surface area contributed by atoms with Crippen molar-refractivity contribution in [3.63, 3.8) is 0 Å². The maximum atomic E-state index is 4.33. The first kappa shape index (κ1) is 10.3. The first-order valence-corrected chi connectivity index (χ1v) is 6.07. The van der Waals surface area contributed by atoms with Crippen LogP contribution in [-0.2, 0) is 0 Å². The third-order valence-corrected chi connectivity index (χ3v) is 3.39. The van der Waals surface area contributed by atoms with Gasteiger partial charge in [-0.15, -0.1) is 0 Å². The molecule has 1 aliphatic heterocycles. The van der Waals surface area contributed by atoms with Gasteiger partial charge < -0.3 is 4.90 Å². The molecule has 2 aromatic rings. The van der Waals surface area contributed by atoms with Crippen molar-refractivity contribution in [3.8, 4) is 0 Å². The molecule has 0 aliphatic carbocycles. The van der Waals surface area contributed by atoms with Gasteiger partial charge in [-0.1, -0.05) is 0 Å². The predicted molar refractivity (Wildman–Crippen MR) is 66.9 cm³/mol. The summed E-state index contributed by atoms with van der Waals surface area (Å²) >= 11 is 0. The van der Waals surface area contributed by atoms with E-state index in [9.17, 15) is 0 Å². The van der Waals surface area contributed by atoms with E-state index in [1.54, 1.807) is 0 Å². The Morgan fingerprint density at radius 2 is 1.82 bits per heavy atom. The predicted octanol–water partition coefficient (Wildman–Crippen LogP) is 2.12. The highest BCUT2D eigenvalue weighted by molar-refractivity contribution is 5.44. The van der Waals surface area contributed by atoms with E-state index in [1.807, 2.05) is 24.7 Å². The van der Waals surface area contributed by atoms with Crippen molar-refractivity contribution in [3.05, 3.63) is 43.0 Å². The van der Waals surface area contributed by atoms with Gasteiger partial charge in [-0.3, -0.25) is 9.67 Å². The molecule has 1 fully saturated rings. The van der Waals surface area contributed by atoms with Crippen LogP contribution in [0, 0.1) is 0 Å².